The van der Waals surface area contributed by atoms with E-state index < -0.39 is 18.2 Å². The highest BCUT2D eigenvalue weighted by atomic mass is 127. The van der Waals surface area contributed by atoms with Gasteiger partial charge < -0.3 is 18.9 Å². The Kier molecular flexibility index (Phi) is 5.75. The molecule has 0 unspecified atom stereocenters. The number of rotatable bonds is 7. The van der Waals surface area contributed by atoms with Crippen molar-refractivity contribution in [3.05, 3.63) is 83.3 Å². The van der Waals surface area contributed by atoms with Crippen LogP contribution in [0.3, 0.4) is 0 Å². The molecular formula is C21H19IO5. The molecule has 2 aromatic rings. The van der Waals surface area contributed by atoms with E-state index in [1.807, 2.05) is 60.7 Å². The van der Waals surface area contributed by atoms with Gasteiger partial charge in [-0.1, -0.05) is 83.3 Å². The van der Waals surface area contributed by atoms with Gasteiger partial charge in [0.25, 0.3) is 0 Å². The third-order valence-electron chi connectivity index (χ3n) is 4.46. The fraction of sp³-hybridized carbons (Fsp3) is 0.286. The molecule has 4 rings (SSSR count). The first-order valence-electron chi connectivity index (χ1n) is 8.75. The summed E-state index contributed by atoms with van der Waals surface area (Å²) in [6.07, 6.45) is -1.45. The Morgan fingerprint density at radius 1 is 0.852 bits per heavy atom. The Morgan fingerprint density at radius 3 is 2.04 bits per heavy atom. The van der Waals surface area contributed by atoms with Gasteiger partial charge in [-0.05, 0) is 11.1 Å². The largest absolute Gasteiger partial charge is 0.484 e. The van der Waals surface area contributed by atoms with Crippen LogP contribution in [-0.2, 0) is 37.0 Å². The van der Waals surface area contributed by atoms with Gasteiger partial charge >= 0.3 is 5.97 Å². The zero-order valence-corrected chi connectivity index (χ0v) is 16.7. The monoisotopic (exact) mass is 478 g/mol. The molecule has 2 aliphatic heterocycles. The van der Waals surface area contributed by atoms with E-state index in [1.165, 1.54) is 0 Å². The van der Waals surface area contributed by atoms with E-state index in [1.54, 1.807) is 0 Å². The molecule has 2 aromatic carbocycles. The molecule has 140 valence electrons. The fourth-order valence-corrected chi connectivity index (χ4v) is 3.76. The quantitative estimate of drug-likeness (QED) is 0.345. The lowest BCUT2D eigenvalue weighted by atomic mass is 10.2. The number of ether oxygens (including phenoxy) is 4. The summed E-state index contributed by atoms with van der Waals surface area (Å²) in [5, 5.41) is 0. The Bertz CT molecular complexity index is 821. The van der Waals surface area contributed by atoms with E-state index in [0.717, 1.165) is 11.1 Å². The zero-order valence-electron chi connectivity index (χ0n) is 14.5. The van der Waals surface area contributed by atoms with E-state index in [2.05, 4.69) is 22.6 Å². The molecule has 27 heavy (non-hydrogen) atoms. The first kappa shape index (κ1) is 18.5. The minimum absolute atomic E-state index is 0.199. The number of halogens is 1. The highest BCUT2D eigenvalue weighted by Gasteiger charge is 2.50. The molecule has 0 aliphatic carbocycles. The van der Waals surface area contributed by atoms with Gasteiger partial charge in [0, 0.05) is 4.43 Å². The Hall–Kier alpha value is -1.90. The molecule has 6 heteroatoms. The number of hydrogen-bond donors (Lipinski definition) is 0. The maximum absolute atomic E-state index is 12.3. The number of carbonyl (C=O) groups excluding carboxylic acids is 1. The lowest BCUT2D eigenvalue weighted by molar-refractivity contribution is -0.153. The Morgan fingerprint density at radius 2 is 1.44 bits per heavy atom. The first-order chi connectivity index (χ1) is 13.3. The van der Waals surface area contributed by atoms with Crippen molar-refractivity contribution >= 4 is 28.6 Å². The number of benzene rings is 2. The summed E-state index contributed by atoms with van der Waals surface area (Å²) in [6.45, 7) is 0.733. The molecule has 0 aromatic heterocycles. The topological polar surface area (TPSA) is 54.0 Å². The molecule has 2 aliphatic rings. The lowest BCUT2D eigenvalue weighted by Gasteiger charge is -2.21. The number of esters is 1. The van der Waals surface area contributed by atoms with Gasteiger partial charge in [0.15, 0.2) is 17.6 Å². The maximum Gasteiger partial charge on any atom is 0.348 e. The highest BCUT2D eigenvalue weighted by molar-refractivity contribution is 14.1. The van der Waals surface area contributed by atoms with Crippen LogP contribution in [0.1, 0.15) is 11.1 Å². The summed E-state index contributed by atoms with van der Waals surface area (Å²) in [4.78, 5) is 12.3. The average molecular weight is 478 g/mol. The highest BCUT2D eigenvalue weighted by Crippen LogP contribution is 2.38. The van der Waals surface area contributed by atoms with Crippen molar-refractivity contribution in [2.45, 2.75) is 31.5 Å². The SMILES string of the molecule is O=C1OC2=C(O[C@H](CI)[C@@H]2OCc2ccccc2)[C@H]1OCc1ccccc1. The van der Waals surface area contributed by atoms with Crippen molar-refractivity contribution in [2.75, 3.05) is 4.43 Å². The predicted octanol–water partition coefficient (Wildman–Crippen LogP) is 3.76. The number of carbonyl (C=O) groups is 1. The van der Waals surface area contributed by atoms with Crippen LogP contribution in [0, 0.1) is 0 Å². The second kappa shape index (κ2) is 8.41. The van der Waals surface area contributed by atoms with Crippen LogP contribution < -0.4 is 0 Å². The van der Waals surface area contributed by atoms with Crippen molar-refractivity contribution in [1.29, 1.82) is 0 Å². The van der Waals surface area contributed by atoms with E-state index >= 15 is 0 Å². The smallest absolute Gasteiger partial charge is 0.348 e. The molecule has 0 amide bonds. The average Bonchev–Trinajstić information content (AvgIpc) is 3.20. The van der Waals surface area contributed by atoms with Crippen LogP contribution in [-0.4, -0.2) is 28.7 Å². The fourth-order valence-electron chi connectivity index (χ4n) is 3.11. The van der Waals surface area contributed by atoms with Crippen molar-refractivity contribution in [2.24, 2.45) is 0 Å². The minimum atomic E-state index is -0.837. The number of alkyl halides is 1. The van der Waals surface area contributed by atoms with Gasteiger partial charge in [-0.3, -0.25) is 0 Å². The molecule has 0 saturated carbocycles. The van der Waals surface area contributed by atoms with Gasteiger partial charge in [0.1, 0.15) is 6.10 Å². The normalized spacial score (nSPS) is 23.9. The summed E-state index contributed by atoms with van der Waals surface area (Å²) in [5.41, 5.74) is 2.04. The molecule has 0 saturated heterocycles. The summed E-state index contributed by atoms with van der Waals surface area (Å²) < 4.78 is 24.0. The van der Waals surface area contributed by atoms with Crippen molar-refractivity contribution in [3.63, 3.8) is 0 Å². The van der Waals surface area contributed by atoms with E-state index in [-0.39, 0.29) is 6.10 Å². The van der Waals surface area contributed by atoms with E-state index in [4.69, 9.17) is 18.9 Å². The minimum Gasteiger partial charge on any atom is -0.484 e. The zero-order chi connectivity index (χ0) is 18.6. The third-order valence-corrected chi connectivity index (χ3v) is 5.33. The van der Waals surface area contributed by atoms with Gasteiger partial charge in [0.2, 0.25) is 6.10 Å². The maximum atomic E-state index is 12.3. The molecular weight excluding hydrogens is 459 g/mol. The van der Waals surface area contributed by atoms with Gasteiger partial charge in [-0.15, -0.1) is 0 Å². The molecule has 0 fully saturated rings. The second-order valence-corrected chi connectivity index (χ2v) is 7.23. The van der Waals surface area contributed by atoms with Crippen molar-refractivity contribution in [3.8, 4) is 0 Å². The summed E-state index contributed by atoms with van der Waals surface area (Å²) >= 11 is 2.25. The molecule has 0 spiro atoms. The second-order valence-electron chi connectivity index (χ2n) is 6.35. The lowest BCUT2D eigenvalue weighted by Crippen LogP contribution is -2.33. The van der Waals surface area contributed by atoms with E-state index in [0.29, 0.717) is 29.2 Å². The summed E-state index contributed by atoms with van der Waals surface area (Å²) in [7, 11) is 0. The van der Waals surface area contributed by atoms with Gasteiger partial charge in [-0.25, -0.2) is 4.79 Å². The molecule has 0 bridgehead atoms. The van der Waals surface area contributed by atoms with Crippen molar-refractivity contribution < 1.29 is 23.7 Å². The standard InChI is InChI=1S/C21H19IO5/c22-11-16-17(24-12-14-7-3-1-4-8-14)18-19(26-16)20(21(23)27-18)25-13-15-9-5-2-6-10-15/h1-10,16-17,20H,11-13H2/t16-,17+,20-/m1/s1. The van der Waals surface area contributed by atoms with Gasteiger partial charge in [-0.2, -0.15) is 0 Å². The Labute approximate surface area is 171 Å². The van der Waals surface area contributed by atoms with E-state index in [9.17, 15) is 4.79 Å². The third kappa shape index (κ3) is 4.02. The van der Waals surface area contributed by atoms with Crippen LogP contribution in [0.5, 0.6) is 0 Å². The van der Waals surface area contributed by atoms with Crippen LogP contribution in [0.2, 0.25) is 0 Å². The Balaban J connectivity index is 1.46. The predicted molar refractivity (Wildman–Crippen MR) is 107 cm³/mol. The van der Waals surface area contributed by atoms with Gasteiger partial charge in [0.05, 0.1) is 13.2 Å². The van der Waals surface area contributed by atoms with Crippen LogP contribution in [0.4, 0.5) is 0 Å². The molecule has 0 radical (unpaired) electrons. The van der Waals surface area contributed by atoms with Crippen molar-refractivity contribution in [1.82, 2.24) is 0 Å². The van der Waals surface area contributed by atoms with Crippen LogP contribution >= 0.6 is 22.6 Å². The first-order valence-corrected chi connectivity index (χ1v) is 10.3. The summed E-state index contributed by atoms with van der Waals surface area (Å²) in [5.74, 6) is 0.461. The number of hydrogen-bond acceptors (Lipinski definition) is 5. The molecule has 2 heterocycles. The summed E-state index contributed by atoms with van der Waals surface area (Å²) in [6, 6.07) is 19.6. The molecule has 0 N–H and O–H groups in total. The van der Waals surface area contributed by atoms with Crippen LogP contribution in [0.15, 0.2) is 72.2 Å². The molecule has 3 atom stereocenters. The molecule has 5 nitrogen and oxygen atoms in total. The van der Waals surface area contributed by atoms with Crippen LogP contribution in [0.25, 0.3) is 0 Å².